The van der Waals surface area contributed by atoms with Gasteiger partial charge in [-0.25, -0.2) is 9.98 Å². The van der Waals surface area contributed by atoms with Crippen molar-refractivity contribution in [1.29, 1.82) is 0 Å². The molecule has 27 heavy (non-hydrogen) atoms. The van der Waals surface area contributed by atoms with Gasteiger partial charge in [0.05, 0.1) is 17.2 Å². The van der Waals surface area contributed by atoms with E-state index in [9.17, 15) is 0 Å². The van der Waals surface area contributed by atoms with Gasteiger partial charge in [0, 0.05) is 24.0 Å². The summed E-state index contributed by atoms with van der Waals surface area (Å²) < 4.78 is 0. The maximum atomic E-state index is 4.74. The molecule has 0 saturated heterocycles. The van der Waals surface area contributed by atoms with Crippen LogP contribution in [0.4, 0.5) is 0 Å². The molecule has 0 bridgehead atoms. The van der Waals surface area contributed by atoms with Gasteiger partial charge in [0.25, 0.3) is 0 Å². The van der Waals surface area contributed by atoms with Gasteiger partial charge in [-0.15, -0.1) is 35.3 Å². The third-order valence-electron chi connectivity index (χ3n) is 4.27. The van der Waals surface area contributed by atoms with Crippen molar-refractivity contribution in [3.8, 4) is 0 Å². The molecule has 0 aliphatic rings. The molecule has 1 atom stereocenters. The number of hydrogen-bond acceptors (Lipinski definition) is 4. The van der Waals surface area contributed by atoms with Gasteiger partial charge in [-0.3, -0.25) is 0 Å². The fourth-order valence-corrected chi connectivity index (χ4v) is 3.61. The topological polar surface area (TPSA) is 52.6 Å². The number of benzene rings is 1. The summed E-state index contributed by atoms with van der Waals surface area (Å²) in [5.41, 5.74) is 2.44. The molecule has 1 heterocycles. The summed E-state index contributed by atoms with van der Waals surface area (Å²) in [6.45, 7) is 8.53. The predicted octanol–water partition coefficient (Wildman–Crippen LogP) is 3.61. The minimum atomic E-state index is 0. The highest BCUT2D eigenvalue weighted by Gasteiger charge is 2.13. The number of likely N-dealkylation sites (N-methyl/N-ethyl adjacent to an activating group) is 1. The lowest BCUT2D eigenvalue weighted by Crippen LogP contribution is -2.46. The molecule has 0 spiro atoms. The van der Waals surface area contributed by atoms with Crippen LogP contribution in [0.5, 0.6) is 0 Å². The second-order valence-corrected chi connectivity index (χ2v) is 7.91. The molecule has 5 nitrogen and oxygen atoms in total. The van der Waals surface area contributed by atoms with Crippen molar-refractivity contribution < 1.29 is 0 Å². The molecule has 2 aromatic rings. The van der Waals surface area contributed by atoms with Crippen molar-refractivity contribution in [3.05, 3.63) is 51.5 Å². The Labute approximate surface area is 184 Å². The van der Waals surface area contributed by atoms with E-state index in [2.05, 4.69) is 78.8 Å². The number of aromatic nitrogens is 1. The van der Waals surface area contributed by atoms with Gasteiger partial charge in [-0.05, 0) is 46.9 Å². The summed E-state index contributed by atoms with van der Waals surface area (Å²) in [5.74, 6) is 0.859. The highest BCUT2D eigenvalue weighted by Crippen LogP contribution is 2.17. The monoisotopic (exact) mass is 501 g/mol. The van der Waals surface area contributed by atoms with E-state index < -0.39 is 0 Å². The number of guanidine groups is 1. The van der Waals surface area contributed by atoms with Gasteiger partial charge in [-0.1, -0.05) is 30.3 Å². The molecule has 150 valence electrons. The number of aryl methyl sites for hydroxylation is 2. The van der Waals surface area contributed by atoms with Gasteiger partial charge in [0.2, 0.25) is 0 Å². The fourth-order valence-electron chi connectivity index (χ4n) is 2.75. The van der Waals surface area contributed by atoms with E-state index in [-0.39, 0.29) is 24.0 Å². The summed E-state index contributed by atoms with van der Waals surface area (Å²) in [5, 5.41) is 7.94. The standard InChI is InChI=1S/C20H31N5S.HI/c1-6-21-20(23-14-19-15(2)24-16(3)26-19)22-13-18(25(4)5)12-17-10-8-7-9-11-17;/h7-11,18H,6,12-14H2,1-5H3,(H2,21,22,23);1H. The summed E-state index contributed by atoms with van der Waals surface area (Å²) in [6, 6.07) is 11.0. The quantitative estimate of drug-likeness (QED) is 0.330. The first-order valence-electron chi connectivity index (χ1n) is 9.15. The van der Waals surface area contributed by atoms with Gasteiger partial charge in [0.15, 0.2) is 5.96 Å². The van der Waals surface area contributed by atoms with Crippen molar-refractivity contribution in [1.82, 2.24) is 20.5 Å². The predicted molar refractivity (Wildman–Crippen MR) is 127 cm³/mol. The molecule has 1 aromatic carbocycles. The van der Waals surface area contributed by atoms with E-state index in [1.165, 1.54) is 10.4 Å². The zero-order chi connectivity index (χ0) is 18.9. The summed E-state index contributed by atoms with van der Waals surface area (Å²) in [4.78, 5) is 12.7. The number of aliphatic imine (C=N–C) groups is 1. The Morgan fingerprint density at radius 2 is 1.89 bits per heavy atom. The van der Waals surface area contributed by atoms with Crippen LogP contribution in [-0.2, 0) is 13.0 Å². The third-order valence-corrected chi connectivity index (χ3v) is 5.33. The van der Waals surface area contributed by atoms with Gasteiger partial charge in [0.1, 0.15) is 0 Å². The fraction of sp³-hybridized carbons (Fsp3) is 0.500. The molecule has 2 rings (SSSR count). The van der Waals surface area contributed by atoms with Crippen molar-refractivity contribution in [2.45, 2.75) is 39.8 Å². The molecular weight excluding hydrogens is 469 g/mol. The number of hydrogen-bond donors (Lipinski definition) is 2. The van der Waals surface area contributed by atoms with Crippen LogP contribution in [0.1, 0.15) is 28.1 Å². The molecule has 1 unspecified atom stereocenters. The number of nitrogens with one attached hydrogen (secondary N) is 2. The number of halogens is 1. The lowest BCUT2D eigenvalue weighted by molar-refractivity contribution is 0.290. The average molecular weight is 501 g/mol. The van der Waals surface area contributed by atoms with Crippen LogP contribution in [-0.4, -0.2) is 49.1 Å². The van der Waals surface area contributed by atoms with Crippen LogP contribution in [0.25, 0.3) is 0 Å². The molecule has 0 amide bonds. The number of rotatable bonds is 8. The Bertz CT molecular complexity index is 700. The largest absolute Gasteiger partial charge is 0.357 e. The normalized spacial score (nSPS) is 12.6. The van der Waals surface area contributed by atoms with Gasteiger partial charge >= 0.3 is 0 Å². The van der Waals surface area contributed by atoms with Crippen LogP contribution >= 0.6 is 35.3 Å². The second-order valence-electron chi connectivity index (χ2n) is 6.62. The van der Waals surface area contributed by atoms with Crippen LogP contribution in [0, 0.1) is 13.8 Å². The van der Waals surface area contributed by atoms with E-state index in [0.29, 0.717) is 12.6 Å². The Balaban J connectivity index is 0.00000364. The van der Waals surface area contributed by atoms with E-state index >= 15 is 0 Å². The van der Waals surface area contributed by atoms with E-state index in [1.807, 2.05) is 6.92 Å². The van der Waals surface area contributed by atoms with Crippen LogP contribution < -0.4 is 10.6 Å². The minimum Gasteiger partial charge on any atom is -0.357 e. The molecule has 2 N–H and O–H groups in total. The molecule has 0 saturated carbocycles. The van der Waals surface area contributed by atoms with E-state index in [0.717, 1.165) is 36.2 Å². The first-order chi connectivity index (χ1) is 12.5. The second kappa shape index (κ2) is 12.3. The molecule has 0 aliphatic heterocycles. The van der Waals surface area contributed by atoms with E-state index in [1.54, 1.807) is 11.3 Å². The van der Waals surface area contributed by atoms with E-state index in [4.69, 9.17) is 4.99 Å². The highest BCUT2D eigenvalue weighted by molar-refractivity contribution is 14.0. The maximum Gasteiger partial charge on any atom is 0.191 e. The number of thiazole rings is 1. The van der Waals surface area contributed by atoms with Crippen molar-refractivity contribution in [2.75, 3.05) is 27.2 Å². The maximum absolute atomic E-state index is 4.74. The molecule has 7 heteroatoms. The molecule has 0 aliphatic carbocycles. The highest BCUT2D eigenvalue weighted by atomic mass is 127. The van der Waals surface area contributed by atoms with Crippen molar-refractivity contribution >= 4 is 41.3 Å². The lowest BCUT2D eigenvalue weighted by Gasteiger charge is -2.25. The van der Waals surface area contributed by atoms with Crippen LogP contribution in [0.2, 0.25) is 0 Å². The molecular formula is C20H32IN5S. The first-order valence-corrected chi connectivity index (χ1v) is 9.96. The Morgan fingerprint density at radius 3 is 2.44 bits per heavy atom. The van der Waals surface area contributed by atoms with Crippen LogP contribution in [0.15, 0.2) is 35.3 Å². The minimum absolute atomic E-state index is 0. The smallest absolute Gasteiger partial charge is 0.191 e. The zero-order valence-corrected chi connectivity index (χ0v) is 20.1. The summed E-state index contributed by atoms with van der Waals surface area (Å²) >= 11 is 1.72. The third kappa shape index (κ3) is 8.15. The van der Waals surface area contributed by atoms with Crippen molar-refractivity contribution in [2.24, 2.45) is 4.99 Å². The van der Waals surface area contributed by atoms with Crippen molar-refractivity contribution in [3.63, 3.8) is 0 Å². The Morgan fingerprint density at radius 1 is 1.19 bits per heavy atom. The van der Waals surface area contributed by atoms with Gasteiger partial charge < -0.3 is 15.5 Å². The van der Waals surface area contributed by atoms with Crippen LogP contribution in [0.3, 0.4) is 0 Å². The first kappa shape index (κ1) is 23.8. The van der Waals surface area contributed by atoms with Gasteiger partial charge in [-0.2, -0.15) is 0 Å². The summed E-state index contributed by atoms with van der Waals surface area (Å²) in [6.07, 6.45) is 1.01. The molecule has 0 radical (unpaired) electrons. The molecule has 1 aromatic heterocycles. The molecule has 0 fully saturated rings. The summed E-state index contributed by atoms with van der Waals surface area (Å²) in [7, 11) is 4.26. The SMILES string of the molecule is CCNC(=NCc1sc(C)nc1C)NCC(Cc1ccccc1)N(C)C.I. The Kier molecular flexibility index (Phi) is 10.9. The average Bonchev–Trinajstić information content (AvgIpc) is 2.94. The lowest BCUT2D eigenvalue weighted by atomic mass is 10.1. The zero-order valence-electron chi connectivity index (χ0n) is 17.0. The number of nitrogens with zero attached hydrogens (tertiary/aromatic N) is 3. The Hall–Kier alpha value is -1.19.